The highest BCUT2D eigenvalue weighted by atomic mass is 15.4. The van der Waals surface area contributed by atoms with Gasteiger partial charge in [-0.25, -0.2) is 0 Å². The molecule has 3 nitrogen and oxygen atoms in total. The molecule has 1 atom stereocenters. The smallest absolute Gasteiger partial charge is 0.196 e. The zero-order chi connectivity index (χ0) is 12.5. The average molecular weight is 231 g/mol. The van der Waals surface area contributed by atoms with Gasteiger partial charge in [0.1, 0.15) is 0 Å². The van der Waals surface area contributed by atoms with Gasteiger partial charge in [-0.2, -0.15) is 0 Å². The lowest BCUT2D eigenvalue weighted by Gasteiger charge is -2.36. The minimum atomic E-state index is 0.0344. The number of benzene rings is 1. The van der Waals surface area contributed by atoms with Crippen LogP contribution in [-0.4, -0.2) is 18.0 Å². The van der Waals surface area contributed by atoms with E-state index in [0.717, 1.165) is 25.1 Å². The first kappa shape index (κ1) is 12.0. The zero-order valence-electron chi connectivity index (χ0n) is 10.9. The van der Waals surface area contributed by atoms with E-state index in [9.17, 15) is 0 Å². The summed E-state index contributed by atoms with van der Waals surface area (Å²) in [5.41, 5.74) is 8.48. The number of guanidine groups is 1. The maximum absolute atomic E-state index is 6.04. The van der Waals surface area contributed by atoms with Crippen molar-refractivity contribution in [3.63, 3.8) is 0 Å². The number of nitrogens with two attached hydrogens (primary N) is 1. The molecule has 3 heteroatoms. The maximum Gasteiger partial charge on any atom is 0.196 e. The third kappa shape index (κ3) is 2.14. The molecule has 1 aliphatic heterocycles. The highest BCUT2D eigenvalue weighted by Gasteiger charge is 2.37. The van der Waals surface area contributed by atoms with Crippen LogP contribution in [-0.2, 0) is 0 Å². The van der Waals surface area contributed by atoms with E-state index >= 15 is 0 Å². The molecule has 0 aromatic heterocycles. The van der Waals surface area contributed by atoms with E-state index in [1.54, 1.807) is 0 Å². The molecular formula is C14H21N3. The summed E-state index contributed by atoms with van der Waals surface area (Å²) in [7, 11) is 0. The van der Waals surface area contributed by atoms with E-state index in [4.69, 9.17) is 5.73 Å². The molecule has 0 saturated heterocycles. The van der Waals surface area contributed by atoms with Crippen LogP contribution in [0.5, 0.6) is 0 Å². The summed E-state index contributed by atoms with van der Waals surface area (Å²) < 4.78 is 0. The van der Waals surface area contributed by atoms with Gasteiger partial charge in [-0.1, -0.05) is 25.5 Å². The van der Waals surface area contributed by atoms with Crippen LogP contribution in [0.15, 0.2) is 29.3 Å². The normalized spacial score (nSPS) is 23.9. The maximum atomic E-state index is 6.04. The number of aliphatic imine (C=N–C) groups is 1. The Balaban J connectivity index is 2.37. The van der Waals surface area contributed by atoms with Crippen molar-refractivity contribution >= 4 is 11.6 Å². The molecule has 1 unspecified atom stereocenters. The third-order valence-electron chi connectivity index (χ3n) is 3.40. The minimum Gasteiger partial charge on any atom is -0.369 e. The van der Waals surface area contributed by atoms with E-state index in [1.807, 2.05) is 0 Å². The standard InChI is InChI=1S/C14H21N3/c1-4-8-14(3)10-16-13(15)17(14)12-7-5-6-11(2)9-12/h5-7,9H,4,8,10H2,1-3H3,(H2,15,16). The van der Waals surface area contributed by atoms with Crippen molar-refractivity contribution in [1.82, 2.24) is 0 Å². The molecule has 1 aromatic rings. The number of rotatable bonds is 3. The van der Waals surface area contributed by atoms with E-state index in [2.05, 4.69) is 54.9 Å². The summed E-state index contributed by atoms with van der Waals surface area (Å²) in [5, 5.41) is 0. The Morgan fingerprint density at radius 2 is 2.24 bits per heavy atom. The number of aryl methyl sites for hydroxylation is 1. The van der Waals surface area contributed by atoms with Crippen LogP contribution in [0.4, 0.5) is 5.69 Å². The largest absolute Gasteiger partial charge is 0.369 e. The molecule has 0 bridgehead atoms. The fourth-order valence-corrected chi connectivity index (χ4v) is 2.61. The van der Waals surface area contributed by atoms with Crippen LogP contribution < -0.4 is 10.6 Å². The molecule has 1 aromatic carbocycles. The monoisotopic (exact) mass is 231 g/mol. The van der Waals surface area contributed by atoms with Gasteiger partial charge in [0, 0.05) is 5.69 Å². The van der Waals surface area contributed by atoms with Gasteiger partial charge in [0.2, 0.25) is 0 Å². The van der Waals surface area contributed by atoms with Crippen molar-refractivity contribution in [3.8, 4) is 0 Å². The van der Waals surface area contributed by atoms with Crippen LogP contribution in [0.25, 0.3) is 0 Å². The van der Waals surface area contributed by atoms with Gasteiger partial charge < -0.3 is 10.6 Å². The quantitative estimate of drug-likeness (QED) is 0.869. The molecule has 0 amide bonds. The Morgan fingerprint density at radius 3 is 2.88 bits per heavy atom. The van der Waals surface area contributed by atoms with Crippen molar-refractivity contribution in [2.75, 3.05) is 11.4 Å². The second-order valence-corrected chi connectivity index (χ2v) is 5.10. The predicted octanol–water partition coefficient (Wildman–Crippen LogP) is 2.69. The molecule has 1 aliphatic rings. The predicted molar refractivity (Wildman–Crippen MR) is 73.5 cm³/mol. The molecule has 2 rings (SSSR count). The molecule has 0 fully saturated rings. The van der Waals surface area contributed by atoms with Crippen molar-refractivity contribution < 1.29 is 0 Å². The third-order valence-corrected chi connectivity index (χ3v) is 3.40. The van der Waals surface area contributed by atoms with Gasteiger partial charge in [-0.3, -0.25) is 4.99 Å². The van der Waals surface area contributed by atoms with E-state index in [1.165, 1.54) is 5.56 Å². The van der Waals surface area contributed by atoms with Crippen LogP contribution in [0.1, 0.15) is 32.3 Å². The lowest BCUT2D eigenvalue weighted by Crippen LogP contribution is -2.49. The Kier molecular flexibility index (Phi) is 3.09. The fourth-order valence-electron chi connectivity index (χ4n) is 2.61. The number of hydrogen-bond donors (Lipinski definition) is 1. The highest BCUT2D eigenvalue weighted by Crippen LogP contribution is 2.32. The number of anilines is 1. The summed E-state index contributed by atoms with van der Waals surface area (Å²) in [4.78, 5) is 6.60. The Hall–Kier alpha value is -1.51. The van der Waals surface area contributed by atoms with Crippen molar-refractivity contribution in [3.05, 3.63) is 29.8 Å². The first-order valence-corrected chi connectivity index (χ1v) is 6.23. The topological polar surface area (TPSA) is 41.6 Å². The van der Waals surface area contributed by atoms with Gasteiger partial charge in [-0.05, 0) is 38.0 Å². The molecule has 0 spiro atoms. The summed E-state index contributed by atoms with van der Waals surface area (Å²) in [5.74, 6) is 0.645. The fraction of sp³-hybridized carbons (Fsp3) is 0.500. The average Bonchev–Trinajstić information content (AvgIpc) is 2.55. The van der Waals surface area contributed by atoms with Gasteiger partial charge in [0.15, 0.2) is 5.96 Å². The summed E-state index contributed by atoms with van der Waals surface area (Å²) in [6.45, 7) is 7.33. The van der Waals surface area contributed by atoms with Gasteiger partial charge >= 0.3 is 0 Å². The Labute approximate surface area is 103 Å². The first-order valence-electron chi connectivity index (χ1n) is 6.23. The highest BCUT2D eigenvalue weighted by molar-refractivity contribution is 5.98. The Bertz CT molecular complexity index is 439. The van der Waals surface area contributed by atoms with Gasteiger partial charge in [-0.15, -0.1) is 0 Å². The van der Waals surface area contributed by atoms with Crippen molar-refractivity contribution in [2.24, 2.45) is 10.7 Å². The van der Waals surface area contributed by atoms with Gasteiger partial charge in [0.05, 0.1) is 12.1 Å². The summed E-state index contributed by atoms with van der Waals surface area (Å²) >= 11 is 0. The lowest BCUT2D eigenvalue weighted by atomic mass is 9.94. The van der Waals surface area contributed by atoms with Crippen molar-refractivity contribution in [2.45, 2.75) is 39.2 Å². The molecule has 92 valence electrons. The molecule has 2 N–H and O–H groups in total. The molecule has 0 radical (unpaired) electrons. The van der Waals surface area contributed by atoms with Crippen LogP contribution in [0.2, 0.25) is 0 Å². The number of nitrogens with zero attached hydrogens (tertiary/aromatic N) is 2. The lowest BCUT2D eigenvalue weighted by molar-refractivity contribution is 0.457. The Morgan fingerprint density at radius 1 is 1.47 bits per heavy atom. The molecule has 17 heavy (non-hydrogen) atoms. The first-order chi connectivity index (χ1) is 8.07. The summed E-state index contributed by atoms with van der Waals surface area (Å²) in [6, 6.07) is 8.45. The number of hydrogen-bond acceptors (Lipinski definition) is 3. The molecule has 0 aliphatic carbocycles. The summed E-state index contributed by atoms with van der Waals surface area (Å²) in [6.07, 6.45) is 2.24. The van der Waals surface area contributed by atoms with E-state index in [-0.39, 0.29) is 5.54 Å². The zero-order valence-corrected chi connectivity index (χ0v) is 10.9. The second-order valence-electron chi connectivity index (χ2n) is 5.10. The van der Waals surface area contributed by atoms with Crippen LogP contribution >= 0.6 is 0 Å². The molecule has 0 saturated carbocycles. The molecular weight excluding hydrogens is 210 g/mol. The molecule has 1 heterocycles. The van der Waals surface area contributed by atoms with Crippen molar-refractivity contribution in [1.29, 1.82) is 0 Å². The van der Waals surface area contributed by atoms with Crippen LogP contribution in [0, 0.1) is 6.92 Å². The van der Waals surface area contributed by atoms with E-state index in [0.29, 0.717) is 5.96 Å². The van der Waals surface area contributed by atoms with Gasteiger partial charge in [0.25, 0.3) is 0 Å². The van der Waals surface area contributed by atoms with Crippen LogP contribution in [0.3, 0.4) is 0 Å². The SMILES string of the molecule is CCCC1(C)CN=C(N)N1c1cccc(C)c1. The second kappa shape index (κ2) is 4.40. The minimum absolute atomic E-state index is 0.0344. The van der Waals surface area contributed by atoms with E-state index < -0.39 is 0 Å².